The molecule has 0 bridgehead atoms. The Morgan fingerprint density at radius 2 is 1.93 bits per heavy atom. The van der Waals surface area contributed by atoms with Gasteiger partial charge < -0.3 is 9.84 Å². The second-order valence-electron chi connectivity index (χ2n) is 5.93. The van der Waals surface area contributed by atoms with E-state index < -0.39 is 45.8 Å². The minimum atomic E-state index is -4.96. The van der Waals surface area contributed by atoms with Crippen LogP contribution in [0.4, 0.5) is 17.6 Å². The van der Waals surface area contributed by atoms with Gasteiger partial charge in [0.2, 0.25) is 0 Å². The highest BCUT2D eigenvalue weighted by Crippen LogP contribution is 2.34. The number of halogens is 5. The molecular formula is C17H15ClF4N2O5S. The molecule has 0 amide bonds. The third-order valence-electron chi connectivity index (χ3n) is 3.82. The Morgan fingerprint density at radius 3 is 2.50 bits per heavy atom. The number of carbonyl (C=O) groups excluding carboxylic acids is 1. The largest absolute Gasteiger partial charge is 0.462 e. The summed E-state index contributed by atoms with van der Waals surface area (Å²) in [5.41, 5.74) is -4.92. The molecule has 1 N–H and O–H groups in total. The molecule has 1 aromatic carbocycles. The Hall–Kier alpha value is -2.31. The van der Waals surface area contributed by atoms with Crippen molar-refractivity contribution >= 4 is 29.3 Å². The zero-order valence-corrected chi connectivity index (χ0v) is 17.1. The summed E-state index contributed by atoms with van der Waals surface area (Å²) in [6.07, 6.45) is -4.96. The van der Waals surface area contributed by atoms with Crippen molar-refractivity contribution in [3.05, 3.63) is 55.6 Å². The molecule has 0 spiro atoms. The van der Waals surface area contributed by atoms with Crippen LogP contribution >= 0.6 is 23.4 Å². The van der Waals surface area contributed by atoms with Gasteiger partial charge in [-0.05, 0) is 19.1 Å². The first kappa shape index (κ1) is 24.0. The highest BCUT2D eigenvalue weighted by Gasteiger charge is 2.35. The molecule has 1 unspecified atom stereocenters. The maximum absolute atomic E-state index is 14.5. The van der Waals surface area contributed by atoms with Crippen molar-refractivity contribution in [3.8, 4) is 5.69 Å². The Labute approximate surface area is 175 Å². The number of rotatable bonds is 6. The van der Waals surface area contributed by atoms with Gasteiger partial charge in [0.25, 0.3) is 5.56 Å². The van der Waals surface area contributed by atoms with Crippen LogP contribution in [-0.4, -0.2) is 38.7 Å². The highest BCUT2D eigenvalue weighted by molar-refractivity contribution is 8.00. The van der Waals surface area contributed by atoms with E-state index in [0.29, 0.717) is 0 Å². The molecule has 0 aliphatic rings. The van der Waals surface area contributed by atoms with Gasteiger partial charge in [-0.1, -0.05) is 11.6 Å². The number of alkyl halides is 3. The van der Waals surface area contributed by atoms with Crippen LogP contribution in [0.5, 0.6) is 0 Å². The fourth-order valence-electron chi connectivity index (χ4n) is 2.40. The molecule has 1 atom stereocenters. The lowest BCUT2D eigenvalue weighted by Gasteiger charge is -2.16. The number of aliphatic hydroxyl groups excluding tert-OH is 1. The van der Waals surface area contributed by atoms with E-state index in [1.165, 1.54) is 6.92 Å². The standard InChI is InChI=1S/C17H15ClF4N2O5S/c1-8(15(27)29-4-3-25)30-12-6-11(10(19)5-9(12)18)24-14(26)7-13(17(20,21)22)23(2)16(24)28/h5-8,25H,3-4H2,1-2H3. The lowest BCUT2D eigenvalue weighted by molar-refractivity contribution is -0.144. The first-order valence-corrected chi connectivity index (χ1v) is 9.48. The van der Waals surface area contributed by atoms with Crippen LogP contribution in [0.1, 0.15) is 12.6 Å². The SMILES string of the molecule is CC(Sc1cc(-n2c(=O)cc(C(F)(F)F)n(C)c2=O)c(F)cc1Cl)C(=O)OCCO. The fraction of sp³-hybridized carbons (Fsp3) is 0.353. The number of aromatic nitrogens is 2. The average molecular weight is 471 g/mol. The van der Waals surface area contributed by atoms with Gasteiger partial charge in [0, 0.05) is 18.0 Å². The minimum absolute atomic E-state index is 0.0790. The topological polar surface area (TPSA) is 90.5 Å². The summed E-state index contributed by atoms with van der Waals surface area (Å²) in [6, 6.07) is 1.93. The molecular weight excluding hydrogens is 456 g/mol. The van der Waals surface area contributed by atoms with E-state index in [9.17, 15) is 31.9 Å². The number of thioether (sulfide) groups is 1. The van der Waals surface area contributed by atoms with Gasteiger partial charge in [-0.2, -0.15) is 13.2 Å². The van der Waals surface area contributed by atoms with E-state index in [1.54, 1.807) is 0 Å². The van der Waals surface area contributed by atoms with Crippen molar-refractivity contribution in [2.45, 2.75) is 23.2 Å². The maximum atomic E-state index is 14.5. The number of benzene rings is 1. The summed E-state index contributed by atoms with van der Waals surface area (Å²) in [7, 11) is 0.795. The maximum Gasteiger partial charge on any atom is 0.431 e. The normalized spacial score (nSPS) is 12.7. The molecule has 1 heterocycles. The van der Waals surface area contributed by atoms with Crippen LogP contribution in [0.15, 0.2) is 32.7 Å². The molecule has 0 aliphatic carbocycles. The van der Waals surface area contributed by atoms with Crippen LogP contribution in [0.25, 0.3) is 5.69 Å². The van der Waals surface area contributed by atoms with Gasteiger partial charge in [-0.3, -0.25) is 14.2 Å². The van der Waals surface area contributed by atoms with Crippen LogP contribution in [0.2, 0.25) is 5.02 Å². The number of nitrogens with zero attached hydrogens (tertiary/aromatic N) is 2. The van der Waals surface area contributed by atoms with Crippen molar-refractivity contribution in [1.29, 1.82) is 0 Å². The molecule has 2 rings (SSSR count). The number of carbonyl (C=O) groups is 1. The van der Waals surface area contributed by atoms with E-state index in [-0.39, 0.29) is 38.3 Å². The first-order valence-electron chi connectivity index (χ1n) is 8.22. The smallest absolute Gasteiger partial charge is 0.431 e. The average Bonchev–Trinajstić information content (AvgIpc) is 2.65. The predicted molar refractivity (Wildman–Crippen MR) is 101 cm³/mol. The lowest BCUT2D eigenvalue weighted by atomic mass is 10.3. The van der Waals surface area contributed by atoms with Crippen molar-refractivity contribution < 1.29 is 32.2 Å². The number of hydrogen-bond donors (Lipinski definition) is 1. The minimum Gasteiger partial charge on any atom is -0.462 e. The third kappa shape index (κ3) is 5.05. The van der Waals surface area contributed by atoms with Crippen molar-refractivity contribution in [2.75, 3.05) is 13.2 Å². The molecule has 0 aliphatic heterocycles. The Balaban J connectivity index is 2.56. The highest BCUT2D eigenvalue weighted by atomic mass is 35.5. The monoisotopic (exact) mass is 470 g/mol. The van der Waals surface area contributed by atoms with Gasteiger partial charge in [0.05, 0.1) is 17.3 Å². The summed E-state index contributed by atoms with van der Waals surface area (Å²) >= 11 is 6.78. The van der Waals surface area contributed by atoms with Gasteiger partial charge in [-0.25, -0.2) is 13.8 Å². The molecule has 164 valence electrons. The summed E-state index contributed by atoms with van der Waals surface area (Å²) < 4.78 is 58.6. The van der Waals surface area contributed by atoms with Crippen molar-refractivity contribution in [2.24, 2.45) is 7.05 Å². The van der Waals surface area contributed by atoms with Crippen molar-refractivity contribution in [3.63, 3.8) is 0 Å². The molecule has 2 aromatic rings. The van der Waals surface area contributed by atoms with Gasteiger partial charge >= 0.3 is 17.8 Å². The van der Waals surface area contributed by atoms with E-state index in [1.807, 2.05) is 0 Å². The van der Waals surface area contributed by atoms with Gasteiger partial charge in [-0.15, -0.1) is 11.8 Å². The van der Waals surface area contributed by atoms with Crippen LogP contribution < -0.4 is 11.2 Å². The number of esters is 1. The Morgan fingerprint density at radius 1 is 1.30 bits per heavy atom. The molecule has 0 fully saturated rings. The number of aliphatic hydroxyl groups is 1. The quantitative estimate of drug-likeness (QED) is 0.396. The molecule has 0 radical (unpaired) electrons. The fourth-order valence-corrected chi connectivity index (χ4v) is 3.58. The lowest BCUT2D eigenvalue weighted by Crippen LogP contribution is -2.41. The third-order valence-corrected chi connectivity index (χ3v) is 5.39. The number of ether oxygens (including phenoxy) is 1. The molecule has 30 heavy (non-hydrogen) atoms. The van der Waals surface area contributed by atoms with E-state index >= 15 is 0 Å². The molecule has 13 heteroatoms. The molecule has 7 nitrogen and oxygen atoms in total. The molecule has 0 saturated carbocycles. The number of hydrogen-bond acceptors (Lipinski definition) is 6. The summed E-state index contributed by atoms with van der Waals surface area (Å²) in [4.78, 5) is 36.5. The Kier molecular flexibility index (Phi) is 7.37. The summed E-state index contributed by atoms with van der Waals surface area (Å²) in [5, 5.41) is 7.67. The first-order chi connectivity index (χ1) is 13.9. The predicted octanol–water partition coefficient (Wildman–Crippen LogP) is 2.36. The van der Waals surface area contributed by atoms with Crippen LogP contribution in [0, 0.1) is 5.82 Å². The van der Waals surface area contributed by atoms with Gasteiger partial charge in [0.1, 0.15) is 23.4 Å². The van der Waals surface area contributed by atoms with E-state index in [2.05, 4.69) is 0 Å². The second kappa shape index (κ2) is 9.23. The summed E-state index contributed by atoms with van der Waals surface area (Å²) in [5.74, 6) is -1.84. The zero-order valence-electron chi connectivity index (χ0n) is 15.5. The Bertz CT molecular complexity index is 1080. The van der Waals surface area contributed by atoms with Crippen molar-refractivity contribution in [1.82, 2.24) is 9.13 Å². The second-order valence-corrected chi connectivity index (χ2v) is 7.72. The zero-order chi connectivity index (χ0) is 22.8. The van der Waals surface area contributed by atoms with E-state index in [0.717, 1.165) is 30.9 Å². The van der Waals surface area contributed by atoms with Crippen LogP contribution in [-0.2, 0) is 22.8 Å². The molecule has 1 aromatic heterocycles. The summed E-state index contributed by atoms with van der Waals surface area (Å²) in [6.45, 7) is 0.820. The van der Waals surface area contributed by atoms with Gasteiger partial charge in [0.15, 0.2) is 0 Å². The molecule has 0 saturated heterocycles. The van der Waals surface area contributed by atoms with E-state index in [4.69, 9.17) is 21.4 Å². The van der Waals surface area contributed by atoms with Crippen LogP contribution in [0.3, 0.4) is 0 Å².